The van der Waals surface area contributed by atoms with E-state index < -0.39 is 17.7 Å². The third-order valence-electron chi connectivity index (χ3n) is 3.69. The lowest BCUT2D eigenvalue weighted by Crippen LogP contribution is -2.17. The van der Waals surface area contributed by atoms with Gasteiger partial charge in [0.1, 0.15) is 17.3 Å². The molecule has 2 N–H and O–H groups in total. The van der Waals surface area contributed by atoms with E-state index in [1.807, 2.05) is 0 Å². The summed E-state index contributed by atoms with van der Waals surface area (Å²) in [6.07, 6.45) is 1.42. The van der Waals surface area contributed by atoms with Crippen molar-refractivity contribution in [2.45, 2.75) is 0 Å². The highest BCUT2D eigenvalue weighted by Gasteiger charge is 2.13. The molecule has 0 radical (unpaired) electrons. The quantitative estimate of drug-likeness (QED) is 0.308. The zero-order valence-electron chi connectivity index (χ0n) is 14.5. The molecule has 1 amide bonds. The number of carbonyl (C=O) groups excluding carboxylic acids is 2. The fraction of sp³-hybridized carbons (Fsp3) is 0. The number of aromatic hydroxyl groups is 1. The Hall–Kier alpha value is -4.00. The van der Waals surface area contributed by atoms with Gasteiger partial charge < -0.3 is 9.84 Å². The number of phenols is 1. The van der Waals surface area contributed by atoms with Crippen molar-refractivity contribution in [3.05, 3.63) is 95.3 Å². The van der Waals surface area contributed by atoms with E-state index >= 15 is 0 Å². The summed E-state index contributed by atoms with van der Waals surface area (Å²) in [5.41, 5.74) is 3.22. The van der Waals surface area contributed by atoms with Crippen LogP contribution in [-0.4, -0.2) is 23.2 Å². The average molecular weight is 378 g/mol. The lowest BCUT2D eigenvalue weighted by molar-refractivity contribution is 0.0729. The van der Waals surface area contributed by atoms with Crippen molar-refractivity contribution in [1.82, 2.24) is 5.43 Å². The van der Waals surface area contributed by atoms with Gasteiger partial charge in [-0.2, -0.15) is 5.10 Å². The number of amides is 1. The lowest BCUT2D eigenvalue weighted by atomic mass is 10.2. The molecule has 0 bridgehead atoms. The summed E-state index contributed by atoms with van der Waals surface area (Å²) < 4.78 is 18.7. The number of ether oxygens (including phenoxy) is 1. The second-order valence-electron chi connectivity index (χ2n) is 5.68. The number of halogens is 1. The van der Waals surface area contributed by atoms with E-state index in [0.717, 1.165) is 0 Å². The SMILES string of the molecule is O=C(N/N=C\c1ccc(OC(=O)c2ccccc2F)cc1)c1ccc(O)cc1. The van der Waals surface area contributed by atoms with E-state index in [4.69, 9.17) is 4.74 Å². The van der Waals surface area contributed by atoms with Crippen molar-refractivity contribution < 1.29 is 23.8 Å². The highest BCUT2D eigenvalue weighted by atomic mass is 19.1. The second-order valence-corrected chi connectivity index (χ2v) is 5.68. The predicted molar refractivity (Wildman–Crippen MR) is 101 cm³/mol. The Labute approximate surface area is 159 Å². The lowest BCUT2D eigenvalue weighted by Gasteiger charge is -2.05. The van der Waals surface area contributed by atoms with Gasteiger partial charge in [-0.1, -0.05) is 12.1 Å². The minimum absolute atomic E-state index is 0.0656. The Morgan fingerprint density at radius 3 is 2.32 bits per heavy atom. The number of nitrogens with one attached hydrogen (secondary N) is 1. The molecule has 0 saturated carbocycles. The molecule has 3 rings (SSSR count). The minimum Gasteiger partial charge on any atom is -0.508 e. The molecule has 0 aliphatic rings. The van der Waals surface area contributed by atoms with E-state index in [2.05, 4.69) is 10.5 Å². The zero-order valence-corrected chi connectivity index (χ0v) is 14.5. The number of hydrogen-bond donors (Lipinski definition) is 2. The summed E-state index contributed by atoms with van der Waals surface area (Å²) >= 11 is 0. The van der Waals surface area contributed by atoms with Gasteiger partial charge in [0.25, 0.3) is 5.91 Å². The van der Waals surface area contributed by atoms with Crippen LogP contribution in [0.2, 0.25) is 0 Å². The summed E-state index contributed by atoms with van der Waals surface area (Å²) in [5.74, 6) is -1.55. The largest absolute Gasteiger partial charge is 0.508 e. The van der Waals surface area contributed by atoms with Crippen LogP contribution in [0.5, 0.6) is 11.5 Å². The van der Waals surface area contributed by atoms with Gasteiger partial charge in [-0.3, -0.25) is 4.79 Å². The van der Waals surface area contributed by atoms with Crippen LogP contribution >= 0.6 is 0 Å². The van der Waals surface area contributed by atoms with Gasteiger partial charge in [-0.25, -0.2) is 14.6 Å². The molecule has 0 fully saturated rings. The van der Waals surface area contributed by atoms with Crippen molar-refractivity contribution in [3.8, 4) is 11.5 Å². The molecule has 0 saturated heterocycles. The summed E-state index contributed by atoms with van der Waals surface area (Å²) in [6, 6.07) is 17.6. The van der Waals surface area contributed by atoms with Gasteiger partial charge in [-0.05, 0) is 66.2 Å². The topological polar surface area (TPSA) is 88.0 Å². The molecule has 7 heteroatoms. The van der Waals surface area contributed by atoms with Crippen molar-refractivity contribution in [3.63, 3.8) is 0 Å². The smallest absolute Gasteiger partial charge is 0.346 e. The van der Waals surface area contributed by atoms with Crippen LogP contribution in [-0.2, 0) is 0 Å². The molecule has 3 aromatic carbocycles. The maximum atomic E-state index is 13.6. The average Bonchev–Trinajstić information content (AvgIpc) is 2.70. The number of phenolic OH excluding ortho intramolecular Hbond substituents is 1. The summed E-state index contributed by atoms with van der Waals surface area (Å²) in [4.78, 5) is 23.9. The van der Waals surface area contributed by atoms with E-state index in [0.29, 0.717) is 11.1 Å². The van der Waals surface area contributed by atoms with E-state index in [9.17, 15) is 19.1 Å². The number of hydrogen-bond acceptors (Lipinski definition) is 5. The first kappa shape index (κ1) is 18.8. The molecule has 0 aliphatic heterocycles. The first-order valence-electron chi connectivity index (χ1n) is 8.22. The third kappa shape index (κ3) is 4.79. The monoisotopic (exact) mass is 378 g/mol. The van der Waals surface area contributed by atoms with Gasteiger partial charge in [0, 0.05) is 5.56 Å². The van der Waals surface area contributed by atoms with Crippen molar-refractivity contribution in [1.29, 1.82) is 0 Å². The molecule has 6 nitrogen and oxygen atoms in total. The summed E-state index contributed by atoms with van der Waals surface area (Å²) in [6.45, 7) is 0. The minimum atomic E-state index is -0.791. The van der Waals surface area contributed by atoms with Gasteiger partial charge in [-0.15, -0.1) is 0 Å². The molecule has 0 aliphatic carbocycles. The van der Waals surface area contributed by atoms with Crippen LogP contribution in [0, 0.1) is 5.82 Å². The second kappa shape index (κ2) is 8.59. The van der Waals surface area contributed by atoms with E-state index in [-0.39, 0.29) is 17.1 Å². The number of benzene rings is 3. The molecule has 0 heterocycles. The maximum Gasteiger partial charge on any atom is 0.346 e. The Bertz CT molecular complexity index is 1020. The van der Waals surface area contributed by atoms with Crippen molar-refractivity contribution >= 4 is 18.1 Å². The van der Waals surface area contributed by atoms with E-state index in [1.54, 1.807) is 18.2 Å². The first-order valence-corrected chi connectivity index (χ1v) is 8.22. The Morgan fingerprint density at radius 2 is 1.64 bits per heavy atom. The number of hydrazone groups is 1. The highest BCUT2D eigenvalue weighted by Crippen LogP contribution is 2.15. The molecular formula is C21H15FN2O4. The Morgan fingerprint density at radius 1 is 0.964 bits per heavy atom. The number of carbonyl (C=O) groups is 2. The van der Waals surface area contributed by atoms with Crippen LogP contribution in [0.3, 0.4) is 0 Å². The fourth-order valence-electron chi connectivity index (χ4n) is 2.25. The zero-order chi connectivity index (χ0) is 19.9. The van der Waals surface area contributed by atoms with Gasteiger partial charge in [0.15, 0.2) is 0 Å². The van der Waals surface area contributed by atoms with Crippen LogP contribution in [0.4, 0.5) is 4.39 Å². The molecule has 0 aromatic heterocycles. The van der Waals surface area contributed by atoms with Crippen LogP contribution in [0.25, 0.3) is 0 Å². The normalized spacial score (nSPS) is 10.6. The number of esters is 1. The highest BCUT2D eigenvalue weighted by molar-refractivity contribution is 5.95. The van der Waals surface area contributed by atoms with Gasteiger partial charge in [0.05, 0.1) is 11.8 Å². The summed E-state index contributed by atoms with van der Waals surface area (Å²) in [5, 5.41) is 13.1. The standard InChI is InChI=1S/C21H15FN2O4/c22-19-4-2-1-3-18(19)21(27)28-17-11-5-14(6-12-17)13-23-24-20(26)15-7-9-16(25)10-8-15/h1-13,25H,(H,24,26)/b23-13-. The molecule has 0 atom stereocenters. The Balaban J connectivity index is 1.57. The van der Waals surface area contributed by atoms with Crippen molar-refractivity contribution in [2.24, 2.45) is 5.10 Å². The van der Waals surface area contributed by atoms with Gasteiger partial charge in [0.2, 0.25) is 0 Å². The Kier molecular flexibility index (Phi) is 5.76. The number of rotatable bonds is 5. The summed E-state index contributed by atoms with van der Waals surface area (Å²) in [7, 11) is 0. The number of nitrogens with zero attached hydrogens (tertiary/aromatic N) is 1. The predicted octanol–water partition coefficient (Wildman–Crippen LogP) is 3.51. The molecule has 28 heavy (non-hydrogen) atoms. The maximum absolute atomic E-state index is 13.6. The van der Waals surface area contributed by atoms with E-state index in [1.165, 1.54) is 60.8 Å². The molecule has 0 unspecified atom stereocenters. The fourth-order valence-corrected chi connectivity index (χ4v) is 2.25. The molecule has 0 spiro atoms. The van der Waals surface area contributed by atoms with Crippen LogP contribution < -0.4 is 10.2 Å². The molecule has 140 valence electrons. The van der Waals surface area contributed by atoms with Crippen LogP contribution in [0.1, 0.15) is 26.3 Å². The first-order chi connectivity index (χ1) is 13.5. The van der Waals surface area contributed by atoms with Crippen molar-refractivity contribution in [2.75, 3.05) is 0 Å². The van der Waals surface area contributed by atoms with Crippen LogP contribution in [0.15, 0.2) is 77.9 Å². The molecular weight excluding hydrogens is 363 g/mol. The third-order valence-corrected chi connectivity index (χ3v) is 3.69. The van der Waals surface area contributed by atoms with Gasteiger partial charge >= 0.3 is 5.97 Å². The molecule has 3 aromatic rings.